The lowest BCUT2D eigenvalue weighted by Gasteiger charge is -2.09. The number of nitrogens with one attached hydrogen (secondary N) is 1. The zero-order valence-electron chi connectivity index (χ0n) is 10.8. The number of hydrogen-bond donors (Lipinski definition) is 1. The average Bonchev–Trinajstić information content (AvgIpc) is 2.97. The third kappa shape index (κ3) is 2.61. The van der Waals surface area contributed by atoms with Gasteiger partial charge in [-0.25, -0.2) is 8.42 Å². The lowest BCUT2D eigenvalue weighted by atomic mass is 10.1. The molecular formula is C15H10N2O2S2. The van der Waals surface area contributed by atoms with E-state index in [2.05, 4.69) is 4.72 Å². The molecule has 0 bridgehead atoms. The molecular weight excluding hydrogens is 304 g/mol. The molecule has 21 heavy (non-hydrogen) atoms. The summed E-state index contributed by atoms with van der Waals surface area (Å²) in [5.41, 5.74) is 0.528. The van der Waals surface area contributed by atoms with Crippen molar-refractivity contribution in [2.45, 2.75) is 4.21 Å². The van der Waals surface area contributed by atoms with Crippen molar-refractivity contribution < 1.29 is 8.42 Å². The molecule has 0 fully saturated rings. The van der Waals surface area contributed by atoms with Gasteiger partial charge in [-0.2, -0.15) is 5.26 Å². The summed E-state index contributed by atoms with van der Waals surface area (Å²) in [5.74, 6) is 0. The monoisotopic (exact) mass is 314 g/mol. The number of fused-ring (bicyclic) bond motifs is 1. The second-order valence-corrected chi connectivity index (χ2v) is 7.36. The topological polar surface area (TPSA) is 70.0 Å². The van der Waals surface area contributed by atoms with E-state index in [0.29, 0.717) is 10.6 Å². The number of benzene rings is 2. The zero-order valence-corrected chi connectivity index (χ0v) is 12.4. The zero-order chi connectivity index (χ0) is 14.9. The number of thiophene rings is 1. The minimum atomic E-state index is -3.68. The fourth-order valence-electron chi connectivity index (χ4n) is 2.03. The van der Waals surface area contributed by atoms with Gasteiger partial charge in [-0.15, -0.1) is 11.3 Å². The largest absolute Gasteiger partial charge is 0.278 e. The molecule has 6 heteroatoms. The molecule has 4 nitrogen and oxygen atoms in total. The van der Waals surface area contributed by atoms with Crippen LogP contribution in [0.15, 0.2) is 58.8 Å². The average molecular weight is 314 g/mol. The van der Waals surface area contributed by atoms with Crippen molar-refractivity contribution in [3.8, 4) is 6.07 Å². The lowest BCUT2D eigenvalue weighted by Crippen LogP contribution is -2.11. The summed E-state index contributed by atoms with van der Waals surface area (Å²) >= 11 is 0.953. The number of hydrogen-bond acceptors (Lipinski definition) is 4. The molecule has 1 N–H and O–H groups in total. The van der Waals surface area contributed by atoms with Crippen molar-refractivity contribution in [2.75, 3.05) is 4.72 Å². The highest BCUT2D eigenvalue weighted by molar-refractivity contribution is 7.94. The highest BCUT2D eigenvalue weighted by Crippen LogP contribution is 2.27. The molecule has 0 aliphatic heterocycles. The van der Waals surface area contributed by atoms with Crippen LogP contribution in [-0.2, 0) is 10.0 Å². The molecule has 0 unspecified atom stereocenters. The molecule has 0 aliphatic rings. The minimum absolute atomic E-state index is 0.131. The van der Waals surface area contributed by atoms with Gasteiger partial charge in [0, 0.05) is 5.39 Å². The van der Waals surface area contributed by atoms with Gasteiger partial charge < -0.3 is 0 Å². The van der Waals surface area contributed by atoms with E-state index in [-0.39, 0.29) is 4.21 Å². The van der Waals surface area contributed by atoms with Crippen LogP contribution >= 0.6 is 11.3 Å². The predicted molar refractivity (Wildman–Crippen MR) is 83.8 cm³/mol. The molecule has 0 atom stereocenters. The summed E-state index contributed by atoms with van der Waals surface area (Å²) < 4.78 is 27.4. The van der Waals surface area contributed by atoms with Crippen molar-refractivity contribution in [2.24, 2.45) is 0 Å². The molecule has 1 aromatic heterocycles. The van der Waals surface area contributed by atoms with Crippen LogP contribution < -0.4 is 4.72 Å². The summed E-state index contributed by atoms with van der Waals surface area (Å²) in [7, 11) is -3.68. The van der Waals surface area contributed by atoms with Gasteiger partial charge in [0.15, 0.2) is 0 Å². The molecule has 0 aliphatic carbocycles. The van der Waals surface area contributed by atoms with Crippen LogP contribution in [0.25, 0.3) is 10.8 Å². The van der Waals surface area contributed by atoms with Gasteiger partial charge in [0.2, 0.25) is 0 Å². The quantitative estimate of drug-likeness (QED) is 0.803. The molecule has 0 amide bonds. The summed E-state index contributed by atoms with van der Waals surface area (Å²) in [6.45, 7) is 0. The lowest BCUT2D eigenvalue weighted by molar-refractivity contribution is 0.603. The normalized spacial score (nSPS) is 11.2. The fourth-order valence-corrected chi connectivity index (χ4v) is 4.22. The Bertz CT molecular complexity index is 948. The predicted octanol–water partition coefficient (Wildman–Crippen LogP) is 3.57. The van der Waals surface area contributed by atoms with Crippen molar-refractivity contribution in [1.82, 2.24) is 0 Å². The first kappa shape index (κ1) is 13.6. The first-order chi connectivity index (χ1) is 10.1. The Kier molecular flexibility index (Phi) is 3.37. The van der Waals surface area contributed by atoms with Crippen LogP contribution in [-0.4, -0.2) is 8.42 Å². The number of nitriles is 1. The van der Waals surface area contributed by atoms with E-state index in [9.17, 15) is 8.42 Å². The Morgan fingerprint density at radius 3 is 2.52 bits per heavy atom. The minimum Gasteiger partial charge on any atom is -0.278 e. The van der Waals surface area contributed by atoms with Gasteiger partial charge in [-0.3, -0.25) is 4.72 Å². The van der Waals surface area contributed by atoms with Crippen LogP contribution in [0.3, 0.4) is 0 Å². The SMILES string of the molecule is N#Cc1ccc(S(=O)(=O)Nc2cccc3ccccc23)s1. The highest BCUT2D eigenvalue weighted by atomic mass is 32.2. The summed E-state index contributed by atoms with van der Waals surface area (Å²) in [6, 6.07) is 17.9. The Hall–Kier alpha value is -2.36. The summed E-state index contributed by atoms with van der Waals surface area (Å²) in [6.07, 6.45) is 0. The van der Waals surface area contributed by atoms with Crippen LogP contribution in [0.2, 0.25) is 0 Å². The third-order valence-corrected chi connectivity index (χ3v) is 5.84. The maximum atomic E-state index is 12.4. The number of sulfonamides is 1. The Morgan fingerprint density at radius 1 is 1.00 bits per heavy atom. The van der Waals surface area contributed by atoms with Gasteiger partial charge in [-0.1, -0.05) is 36.4 Å². The Balaban J connectivity index is 2.04. The molecule has 0 spiro atoms. The Morgan fingerprint density at radius 2 is 1.76 bits per heavy atom. The van der Waals surface area contributed by atoms with E-state index in [1.165, 1.54) is 12.1 Å². The van der Waals surface area contributed by atoms with E-state index < -0.39 is 10.0 Å². The van der Waals surface area contributed by atoms with Crippen LogP contribution in [0, 0.1) is 11.3 Å². The van der Waals surface area contributed by atoms with Crippen LogP contribution in [0.1, 0.15) is 4.88 Å². The van der Waals surface area contributed by atoms with Crippen molar-refractivity contribution in [3.05, 3.63) is 59.5 Å². The maximum Gasteiger partial charge on any atom is 0.271 e. The smallest absolute Gasteiger partial charge is 0.271 e. The number of anilines is 1. The Labute approximate surface area is 126 Å². The third-order valence-electron chi connectivity index (χ3n) is 2.99. The van der Waals surface area contributed by atoms with Gasteiger partial charge in [0.05, 0.1) is 5.69 Å². The van der Waals surface area contributed by atoms with E-state index >= 15 is 0 Å². The fraction of sp³-hybridized carbons (Fsp3) is 0. The molecule has 0 saturated carbocycles. The van der Waals surface area contributed by atoms with E-state index in [4.69, 9.17) is 5.26 Å². The van der Waals surface area contributed by atoms with Gasteiger partial charge in [0.25, 0.3) is 10.0 Å². The molecule has 3 rings (SSSR count). The van der Waals surface area contributed by atoms with Crippen molar-refractivity contribution >= 4 is 37.8 Å². The molecule has 2 aromatic carbocycles. The molecule has 1 heterocycles. The summed E-state index contributed by atoms with van der Waals surface area (Å²) in [5, 5.41) is 10.6. The molecule has 104 valence electrons. The molecule has 3 aromatic rings. The van der Waals surface area contributed by atoms with E-state index in [0.717, 1.165) is 22.1 Å². The second kappa shape index (κ2) is 5.20. The first-order valence-electron chi connectivity index (χ1n) is 6.11. The number of nitrogens with zero attached hydrogens (tertiary/aromatic N) is 1. The standard InChI is InChI=1S/C15H10N2O2S2/c16-10-12-8-9-15(20-12)21(18,19)17-14-7-3-5-11-4-1-2-6-13(11)14/h1-9,17H. The maximum absolute atomic E-state index is 12.4. The van der Waals surface area contributed by atoms with E-state index in [1.54, 1.807) is 12.1 Å². The molecule has 0 saturated heterocycles. The highest BCUT2D eigenvalue weighted by Gasteiger charge is 2.17. The first-order valence-corrected chi connectivity index (χ1v) is 8.41. The van der Waals surface area contributed by atoms with Crippen LogP contribution in [0.5, 0.6) is 0 Å². The van der Waals surface area contributed by atoms with Crippen LogP contribution in [0.4, 0.5) is 5.69 Å². The number of rotatable bonds is 3. The second-order valence-electron chi connectivity index (χ2n) is 4.36. The van der Waals surface area contributed by atoms with Crippen molar-refractivity contribution in [1.29, 1.82) is 5.26 Å². The summed E-state index contributed by atoms with van der Waals surface area (Å²) in [4.78, 5) is 0.369. The van der Waals surface area contributed by atoms with Gasteiger partial charge in [-0.05, 0) is 23.6 Å². The van der Waals surface area contributed by atoms with E-state index in [1.807, 2.05) is 36.4 Å². The van der Waals surface area contributed by atoms with Crippen molar-refractivity contribution in [3.63, 3.8) is 0 Å². The molecule has 0 radical (unpaired) electrons. The van der Waals surface area contributed by atoms with Gasteiger partial charge in [0.1, 0.15) is 15.2 Å². The van der Waals surface area contributed by atoms with Gasteiger partial charge >= 0.3 is 0 Å².